The molecular formula is C18H19N3O4. The quantitative estimate of drug-likeness (QED) is 0.839. The summed E-state index contributed by atoms with van der Waals surface area (Å²) in [6, 6.07) is 8.84. The first-order valence-electron chi connectivity index (χ1n) is 8.14. The Morgan fingerprint density at radius 3 is 2.84 bits per heavy atom. The first-order valence-corrected chi connectivity index (χ1v) is 8.14. The number of ether oxygens (including phenoxy) is 1. The summed E-state index contributed by atoms with van der Waals surface area (Å²) in [6.45, 7) is 0.449. The highest BCUT2D eigenvalue weighted by Crippen LogP contribution is 2.18. The van der Waals surface area contributed by atoms with Crippen molar-refractivity contribution in [3.63, 3.8) is 0 Å². The van der Waals surface area contributed by atoms with Gasteiger partial charge in [-0.2, -0.15) is 0 Å². The van der Waals surface area contributed by atoms with E-state index in [2.05, 4.69) is 4.98 Å². The molecule has 1 saturated heterocycles. The average molecular weight is 341 g/mol. The summed E-state index contributed by atoms with van der Waals surface area (Å²) in [6.07, 6.45) is 2.99. The lowest BCUT2D eigenvalue weighted by atomic mass is 9.97. The molecule has 1 aliphatic rings. The Hall–Kier alpha value is -2.96. The van der Waals surface area contributed by atoms with Crippen LogP contribution in [-0.2, 0) is 14.3 Å². The predicted octanol–water partition coefficient (Wildman–Crippen LogP) is 1.12. The molecule has 1 aliphatic heterocycles. The Kier molecular flexibility index (Phi) is 4.92. The zero-order valence-electron chi connectivity index (χ0n) is 13.7. The number of primary amides is 1. The SMILES string of the molecule is NC(=O)[C@@H]1CCCN(C(=O)COC(=O)c2cccc3cccnc23)C1. The molecule has 1 atom stereocenters. The van der Waals surface area contributed by atoms with Gasteiger partial charge in [0.05, 0.1) is 17.0 Å². The van der Waals surface area contributed by atoms with E-state index >= 15 is 0 Å². The van der Waals surface area contributed by atoms with Gasteiger partial charge in [-0.1, -0.05) is 18.2 Å². The zero-order valence-corrected chi connectivity index (χ0v) is 13.7. The van der Waals surface area contributed by atoms with Gasteiger partial charge in [0.25, 0.3) is 5.91 Å². The molecule has 1 aromatic heterocycles. The summed E-state index contributed by atoms with van der Waals surface area (Å²) in [7, 11) is 0. The molecule has 1 aromatic carbocycles. The molecule has 0 bridgehead atoms. The van der Waals surface area contributed by atoms with Crippen LogP contribution in [-0.4, -0.2) is 47.4 Å². The van der Waals surface area contributed by atoms with E-state index in [1.54, 1.807) is 24.4 Å². The van der Waals surface area contributed by atoms with Crippen LogP contribution in [0.1, 0.15) is 23.2 Å². The number of nitrogens with two attached hydrogens (primary N) is 1. The third-order valence-corrected chi connectivity index (χ3v) is 4.36. The number of carbonyl (C=O) groups excluding carboxylic acids is 3. The van der Waals surface area contributed by atoms with Gasteiger partial charge in [-0.3, -0.25) is 14.6 Å². The normalized spacial score (nSPS) is 17.3. The number of nitrogens with zero attached hydrogens (tertiary/aromatic N) is 2. The van der Waals surface area contributed by atoms with Crippen LogP contribution in [0.5, 0.6) is 0 Å². The second-order valence-corrected chi connectivity index (χ2v) is 6.04. The molecule has 0 aliphatic carbocycles. The number of amides is 2. The molecule has 7 nitrogen and oxygen atoms in total. The van der Waals surface area contributed by atoms with E-state index < -0.39 is 11.9 Å². The lowest BCUT2D eigenvalue weighted by Crippen LogP contribution is -2.45. The smallest absolute Gasteiger partial charge is 0.340 e. The molecule has 2 heterocycles. The first kappa shape index (κ1) is 16.9. The second-order valence-electron chi connectivity index (χ2n) is 6.04. The number of rotatable bonds is 4. The highest BCUT2D eigenvalue weighted by molar-refractivity contribution is 6.03. The van der Waals surface area contributed by atoms with E-state index in [4.69, 9.17) is 10.5 Å². The van der Waals surface area contributed by atoms with Crippen molar-refractivity contribution in [2.24, 2.45) is 11.7 Å². The maximum absolute atomic E-state index is 12.3. The molecule has 3 rings (SSSR count). The number of fused-ring (bicyclic) bond motifs is 1. The predicted molar refractivity (Wildman–Crippen MR) is 90.5 cm³/mol. The van der Waals surface area contributed by atoms with Crippen LogP contribution in [0.15, 0.2) is 36.5 Å². The van der Waals surface area contributed by atoms with Gasteiger partial charge >= 0.3 is 5.97 Å². The second kappa shape index (κ2) is 7.29. The molecule has 2 amide bonds. The number of hydrogen-bond donors (Lipinski definition) is 1. The number of hydrogen-bond acceptors (Lipinski definition) is 5. The number of pyridine rings is 1. The van der Waals surface area contributed by atoms with Crippen LogP contribution < -0.4 is 5.73 Å². The Morgan fingerprint density at radius 2 is 2.04 bits per heavy atom. The molecule has 0 unspecified atom stereocenters. The van der Waals surface area contributed by atoms with Crippen LogP contribution in [0.25, 0.3) is 10.9 Å². The summed E-state index contributed by atoms with van der Waals surface area (Å²) in [5, 5.41) is 0.823. The van der Waals surface area contributed by atoms with Crippen molar-refractivity contribution < 1.29 is 19.1 Å². The van der Waals surface area contributed by atoms with Crippen molar-refractivity contribution >= 4 is 28.7 Å². The molecular weight excluding hydrogens is 322 g/mol. The molecule has 1 fully saturated rings. The van der Waals surface area contributed by atoms with E-state index in [9.17, 15) is 14.4 Å². The standard InChI is InChI=1S/C18H19N3O4/c19-17(23)13-6-3-9-21(10-13)15(22)11-25-18(24)14-7-1-4-12-5-2-8-20-16(12)14/h1-2,4-5,7-8,13H,3,6,9-11H2,(H2,19,23)/t13-/m1/s1. The van der Waals surface area contributed by atoms with E-state index in [-0.39, 0.29) is 25.0 Å². The Labute approximate surface area is 144 Å². The largest absolute Gasteiger partial charge is 0.452 e. The zero-order chi connectivity index (χ0) is 17.8. The molecule has 2 N–H and O–H groups in total. The fourth-order valence-electron chi connectivity index (χ4n) is 3.00. The topological polar surface area (TPSA) is 103 Å². The Morgan fingerprint density at radius 1 is 1.24 bits per heavy atom. The van der Waals surface area contributed by atoms with Gasteiger partial charge in [0.1, 0.15) is 0 Å². The molecule has 0 radical (unpaired) electrons. The van der Waals surface area contributed by atoms with Gasteiger partial charge in [0, 0.05) is 24.7 Å². The van der Waals surface area contributed by atoms with Gasteiger partial charge in [0.15, 0.2) is 6.61 Å². The van der Waals surface area contributed by atoms with Gasteiger partial charge in [-0.15, -0.1) is 0 Å². The summed E-state index contributed by atoms with van der Waals surface area (Å²) in [4.78, 5) is 41.6. The summed E-state index contributed by atoms with van der Waals surface area (Å²) in [5.74, 6) is -1.67. The fourth-order valence-corrected chi connectivity index (χ4v) is 3.00. The Balaban J connectivity index is 1.63. The number of benzene rings is 1. The number of aromatic nitrogens is 1. The number of carbonyl (C=O) groups is 3. The fraction of sp³-hybridized carbons (Fsp3) is 0.333. The van der Waals surface area contributed by atoms with Crippen molar-refractivity contribution in [3.8, 4) is 0 Å². The van der Waals surface area contributed by atoms with Gasteiger partial charge in [0.2, 0.25) is 5.91 Å². The lowest BCUT2D eigenvalue weighted by Gasteiger charge is -2.31. The minimum absolute atomic E-state index is 0.279. The van der Waals surface area contributed by atoms with E-state index in [1.165, 1.54) is 4.90 Å². The third kappa shape index (κ3) is 3.76. The maximum atomic E-state index is 12.3. The maximum Gasteiger partial charge on any atom is 0.340 e. The average Bonchev–Trinajstić information content (AvgIpc) is 2.65. The molecule has 25 heavy (non-hydrogen) atoms. The summed E-state index contributed by atoms with van der Waals surface area (Å²) >= 11 is 0. The van der Waals surface area contributed by atoms with Crippen LogP contribution in [0.4, 0.5) is 0 Å². The van der Waals surface area contributed by atoms with E-state index in [0.29, 0.717) is 30.5 Å². The monoisotopic (exact) mass is 341 g/mol. The van der Waals surface area contributed by atoms with Crippen molar-refractivity contribution in [3.05, 3.63) is 42.1 Å². The van der Waals surface area contributed by atoms with Crippen molar-refractivity contribution in [1.29, 1.82) is 0 Å². The lowest BCUT2D eigenvalue weighted by molar-refractivity contribution is -0.137. The van der Waals surface area contributed by atoms with Gasteiger partial charge in [-0.05, 0) is 25.0 Å². The van der Waals surface area contributed by atoms with Crippen molar-refractivity contribution in [2.45, 2.75) is 12.8 Å². The number of likely N-dealkylation sites (tertiary alicyclic amines) is 1. The first-order chi connectivity index (χ1) is 12.1. The Bertz CT molecular complexity index is 816. The summed E-state index contributed by atoms with van der Waals surface area (Å²) < 4.78 is 5.16. The van der Waals surface area contributed by atoms with Crippen molar-refractivity contribution in [1.82, 2.24) is 9.88 Å². The van der Waals surface area contributed by atoms with Crippen LogP contribution in [0.2, 0.25) is 0 Å². The van der Waals surface area contributed by atoms with Crippen LogP contribution in [0, 0.1) is 5.92 Å². The van der Waals surface area contributed by atoms with Gasteiger partial charge in [-0.25, -0.2) is 4.79 Å². The third-order valence-electron chi connectivity index (χ3n) is 4.36. The molecule has 0 saturated carbocycles. The molecule has 7 heteroatoms. The molecule has 2 aromatic rings. The molecule has 0 spiro atoms. The minimum atomic E-state index is -0.596. The van der Waals surface area contributed by atoms with Crippen molar-refractivity contribution in [2.75, 3.05) is 19.7 Å². The number of piperidine rings is 1. The number of para-hydroxylation sites is 1. The molecule has 130 valence electrons. The van der Waals surface area contributed by atoms with Crippen LogP contribution >= 0.6 is 0 Å². The highest BCUT2D eigenvalue weighted by atomic mass is 16.5. The van der Waals surface area contributed by atoms with Crippen LogP contribution in [0.3, 0.4) is 0 Å². The van der Waals surface area contributed by atoms with E-state index in [1.807, 2.05) is 12.1 Å². The number of esters is 1. The summed E-state index contributed by atoms with van der Waals surface area (Å²) in [5.41, 5.74) is 6.17. The van der Waals surface area contributed by atoms with E-state index in [0.717, 1.165) is 5.39 Å². The highest BCUT2D eigenvalue weighted by Gasteiger charge is 2.27. The minimum Gasteiger partial charge on any atom is -0.452 e. The van der Waals surface area contributed by atoms with Gasteiger partial charge < -0.3 is 15.4 Å².